The van der Waals surface area contributed by atoms with Crippen molar-refractivity contribution in [2.75, 3.05) is 40.9 Å². The van der Waals surface area contributed by atoms with Crippen LogP contribution in [-0.2, 0) is 18.4 Å². The van der Waals surface area contributed by atoms with E-state index in [9.17, 15) is 19.4 Å². The maximum absolute atomic E-state index is 12.9. The maximum Gasteiger partial charge on any atom is 0.472 e. The summed E-state index contributed by atoms with van der Waals surface area (Å²) in [6, 6.07) is -0.873. The summed E-state index contributed by atoms with van der Waals surface area (Å²) in [7, 11) is 1.54. The number of phosphoric ester groups is 1. The van der Waals surface area contributed by atoms with Crippen LogP contribution in [0.15, 0.2) is 48.6 Å². The number of nitrogens with zero attached hydrogens (tertiary/aromatic N) is 1. The normalized spacial score (nSPS) is 14.6. The molecule has 0 saturated carbocycles. The second-order valence-corrected chi connectivity index (χ2v) is 19.3. The molecule has 0 aliphatic carbocycles. The van der Waals surface area contributed by atoms with Crippen LogP contribution in [0.5, 0.6) is 0 Å². The summed E-state index contributed by atoms with van der Waals surface area (Å²) in [4.78, 5) is 23.1. The highest BCUT2D eigenvalue weighted by molar-refractivity contribution is 7.47. The first kappa shape index (κ1) is 57.5. The van der Waals surface area contributed by atoms with Crippen molar-refractivity contribution in [2.24, 2.45) is 0 Å². The zero-order chi connectivity index (χ0) is 43.6. The van der Waals surface area contributed by atoms with Crippen LogP contribution >= 0.6 is 7.82 Å². The minimum atomic E-state index is -4.35. The van der Waals surface area contributed by atoms with Crippen LogP contribution in [0.2, 0.25) is 0 Å². The van der Waals surface area contributed by atoms with E-state index in [4.69, 9.17) is 9.05 Å². The van der Waals surface area contributed by atoms with Crippen molar-refractivity contribution in [3.05, 3.63) is 48.6 Å². The average Bonchev–Trinajstić information content (AvgIpc) is 3.19. The number of carbonyl (C=O) groups excluding carboxylic acids is 1. The van der Waals surface area contributed by atoms with Crippen molar-refractivity contribution in [1.82, 2.24) is 5.32 Å². The molecule has 0 bridgehead atoms. The molecule has 0 aromatic carbocycles. The van der Waals surface area contributed by atoms with Crippen molar-refractivity contribution in [1.29, 1.82) is 0 Å². The number of unbranched alkanes of at least 4 members (excludes halogenated alkanes) is 25. The Bertz CT molecular complexity index is 1100. The summed E-state index contributed by atoms with van der Waals surface area (Å²) in [5, 5.41) is 13.8. The van der Waals surface area contributed by atoms with Crippen LogP contribution in [0.25, 0.3) is 0 Å². The fourth-order valence-corrected chi connectivity index (χ4v) is 7.57. The van der Waals surface area contributed by atoms with Crippen LogP contribution < -0.4 is 5.32 Å². The molecule has 346 valence electrons. The number of hydrogen-bond acceptors (Lipinski definition) is 5. The van der Waals surface area contributed by atoms with Crippen molar-refractivity contribution in [2.45, 2.75) is 225 Å². The monoisotopic (exact) mass is 852 g/mol. The quantitative estimate of drug-likeness (QED) is 0.0244. The SMILES string of the molecule is CCCCCCC/C=C\CCCCCCCC(=O)NC(COP(=O)(O)OCC[N+](C)(C)C)C(O)/C=C/CC/C=C/CC/C=C/CCCCCCCCCCCCCCC. The number of hydrogen-bond donors (Lipinski definition) is 3. The van der Waals surface area contributed by atoms with Gasteiger partial charge in [0, 0.05) is 6.42 Å². The van der Waals surface area contributed by atoms with E-state index in [1.54, 1.807) is 6.08 Å². The second-order valence-electron chi connectivity index (χ2n) is 17.8. The number of carbonyl (C=O) groups is 1. The van der Waals surface area contributed by atoms with Gasteiger partial charge in [0.25, 0.3) is 0 Å². The molecule has 0 aromatic rings. The van der Waals surface area contributed by atoms with Gasteiger partial charge in [0.05, 0.1) is 39.9 Å². The fourth-order valence-electron chi connectivity index (χ4n) is 6.83. The van der Waals surface area contributed by atoms with E-state index in [1.807, 2.05) is 27.2 Å². The highest BCUT2D eigenvalue weighted by atomic mass is 31.2. The molecule has 0 saturated heterocycles. The van der Waals surface area contributed by atoms with Gasteiger partial charge in [-0.05, 0) is 70.6 Å². The molecule has 59 heavy (non-hydrogen) atoms. The van der Waals surface area contributed by atoms with Gasteiger partial charge in [0.15, 0.2) is 0 Å². The summed E-state index contributed by atoms with van der Waals surface area (Å²) >= 11 is 0. The third-order valence-corrected chi connectivity index (χ3v) is 11.7. The van der Waals surface area contributed by atoms with Crippen LogP contribution in [-0.4, -0.2) is 73.4 Å². The smallest absolute Gasteiger partial charge is 0.387 e. The number of amides is 1. The van der Waals surface area contributed by atoms with Gasteiger partial charge in [-0.25, -0.2) is 4.57 Å². The van der Waals surface area contributed by atoms with Gasteiger partial charge in [-0.2, -0.15) is 0 Å². The largest absolute Gasteiger partial charge is 0.472 e. The fraction of sp³-hybridized carbons (Fsp3) is 0.820. The molecule has 1 amide bonds. The number of nitrogens with one attached hydrogen (secondary N) is 1. The molecular weight excluding hydrogens is 756 g/mol. The highest BCUT2D eigenvalue weighted by Crippen LogP contribution is 2.43. The van der Waals surface area contributed by atoms with Crippen molar-refractivity contribution in [3.8, 4) is 0 Å². The predicted octanol–water partition coefficient (Wildman–Crippen LogP) is 14.0. The van der Waals surface area contributed by atoms with Gasteiger partial charge in [-0.1, -0.05) is 184 Å². The van der Waals surface area contributed by atoms with E-state index >= 15 is 0 Å². The first-order valence-corrected chi connectivity index (χ1v) is 26.0. The van der Waals surface area contributed by atoms with Gasteiger partial charge in [0.1, 0.15) is 13.2 Å². The lowest BCUT2D eigenvalue weighted by atomic mass is 10.0. The lowest BCUT2D eigenvalue weighted by molar-refractivity contribution is -0.870. The molecule has 0 aromatic heterocycles. The molecule has 0 spiro atoms. The number of quaternary nitrogens is 1. The van der Waals surface area contributed by atoms with E-state index < -0.39 is 20.0 Å². The van der Waals surface area contributed by atoms with Crippen molar-refractivity contribution < 1.29 is 32.9 Å². The summed E-state index contributed by atoms with van der Waals surface area (Å²) in [6.07, 6.45) is 53.4. The Morgan fingerprint density at radius 2 is 0.932 bits per heavy atom. The third-order valence-electron chi connectivity index (χ3n) is 10.7. The first-order valence-electron chi connectivity index (χ1n) is 24.5. The van der Waals surface area contributed by atoms with Crippen LogP contribution in [0.1, 0.15) is 213 Å². The molecule has 0 radical (unpaired) electrons. The lowest BCUT2D eigenvalue weighted by Crippen LogP contribution is -2.45. The molecule has 3 N–H and O–H groups in total. The van der Waals surface area contributed by atoms with E-state index in [0.29, 0.717) is 17.4 Å². The molecule has 0 rings (SSSR count). The molecule has 0 heterocycles. The van der Waals surface area contributed by atoms with Gasteiger partial charge in [0.2, 0.25) is 5.91 Å². The third kappa shape index (κ3) is 44.3. The van der Waals surface area contributed by atoms with E-state index in [1.165, 1.54) is 135 Å². The van der Waals surface area contributed by atoms with Gasteiger partial charge >= 0.3 is 7.82 Å². The maximum atomic E-state index is 12.9. The predicted molar refractivity (Wildman–Crippen MR) is 254 cm³/mol. The number of allylic oxidation sites excluding steroid dienone is 7. The Morgan fingerprint density at radius 1 is 0.559 bits per heavy atom. The number of aliphatic hydroxyl groups is 1. The second kappa shape index (κ2) is 41.8. The zero-order valence-electron chi connectivity index (χ0n) is 39.2. The van der Waals surface area contributed by atoms with E-state index in [0.717, 1.165) is 57.8 Å². The van der Waals surface area contributed by atoms with Crippen LogP contribution in [0.4, 0.5) is 0 Å². The summed E-state index contributed by atoms with van der Waals surface area (Å²) < 4.78 is 23.6. The zero-order valence-corrected chi connectivity index (χ0v) is 40.1. The van der Waals surface area contributed by atoms with Gasteiger partial charge < -0.3 is 19.8 Å². The topological polar surface area (TPSA) is 105 Å². The van der Waals surface area contributed by atoms with Gasteiger partial charge in [-0.3, -0.25) is 13.8 Å². The molecule has 9 heteroatoms. The average molecular weight is 852 g/mol. The summed E-state index contributed by atoms with van der Waals surface area (Å²) in [6.45, 7) is 4.77. The Morgan fingerprint density at radius 3 is 1.36 bits per heavy atom. The minimum Gasteiger partial charge on any atom is -0.387 e. The van der Waals surface area contributed by atoms with Crippen molar-refractivity contribution in [3.63, 3.8) is 0 Å². The Labute approximate surface area is 365 Å². The summed E-state index contributed by atoms with van der Waals surface area (Å²) in [5.74, 6) is -0.201. The number of likely N-dealkylation sites (N-methyl/N-ethyl adjacent to an activating group) is 1. The van der Waals surface area contributed by atoms with Crippen LogP contribution in [0.3, 0.4) is 0 Å². The Balaban J connectivity index is 4.41. The number of rotatable bonds is 44. The lowest BCUT2D eigenvalue weighted by Gasteiger charge is -2.25. The standard InChI is InChI=1S/C50H95N2O6P/c1-6-8-10-12-14-16-18-20-22-23-24-25-26-27-28-29-30-31-33-35-37-39-41-43-49(53)48(47-58-59(55,56)57-46-45-52(3,4)5)51-50(54)44-42-40-38-36-34-32-21-19-17-15-13-11-9-7-2/h19,21,28-29,33,35,41,43,48-49,53H,6-18,20,22-27,30-32,34,36-40,42,44-47H2,1-5H3,(H-,51,54,55,56)/p+1/b21-19-,29-28+,35-33+,43-41+. The Hall–Kier alpha value is -1.54. The summed E-state index contributed by atoms with van der Waals surface area (Å²) in [5.41, 5.74) is 0. The molecule has 0 aliphatic rings. The highest BCUT2D eigenvalue weighted by Gasteiger charge is 2.27. The Kier molecular flexibility index (Phi) is 40.7. The van der Waals surface area contributed by atoms with Crippen molar-refractivity contribution >= 4 is 13.7 Å². The number of phosphoric acid groups is 1. The van der Waals surface area contributed by atoms with E-state index in [-0.39, 0.29) is 19.1 Å². The molecule has 0 aliphatic heterocycles. The molecule has 3 atom stereocenters. The molecule has 8 nitrogen and oxygen atoms in total. The molecule has 3 unspecified atom stereocenters. The first-order chi connectivity index (χ1) is 28.5. The van der Waals surface area contributed by atoms with Gasteiger partial charge in [-0.15, -0.1) is 0 Å². The minimum absolute atomic E-state index is 0.0511. The van der Waals surface area contributed by atoms with E-state index in [2.05, 4.69) is 55.6 Å². The van der Waals surface area contributed by atoms with Crippen LogP contribution in [0, 0.1) is 0 Å². The molecular formula is C50H96N2O6P+. The number of aliphatic hydroxyl groups excluding tert-OH is 1. The molecule has 0 fully saturated rings.